The number of likely N-dealkylation sites (N-methyl/N-ethyl adjacent to an activating group) is 1. The van der Waals surface area contributed by atoms with E-state index in [1.54, 1.807) is 12.1 Å². The van der Waals surface area contributed by atoms with Crippen molar-refractivity contribution in [1.82, 2.24) is 0 Å². The van der Waals surface area contributed by atoms with Gasteiger partial charge in [0.2, 0.25) is 5.69 Å². The van der Waals surface area contributed by atoms with Crippen LogP contribution in [0.25, 0.3) is 0 Å². The minimum Gasteiger partial charge on any atom is -0.345 e. The standard InChI is InChI=1S/C25H26N2O6S2/c1-3-26-20(14-18-16-22(34(28,29)30)10-12-24(18)26)8-6-5-7-9-21-15-19-17-23(35(31,32)33)11-13-25(19)27(21)4-2/h5-13,16-17H,3-4,14-15H2,1-2H3,(H-,28,29,30,31,32,33)/p+1. The second-order valence-electron chi connectivity index (χ2n) is 8.27. The Morgan fingerprint density at radius 1 is 0.886 bits per heavy atom. The molecule has 0 saturated carbocycles. The first-order valence-corrected chi connectivity index (χ1v) is 14.1. The fourth-order valence-corrected chi connectivity index (χ4v) is 5.65. The average molecular weight is 516 g/mol. The lowest BCUT2D eigenvalue weighted by Gasteiger charge is -2.19. The Bertz CT molecular complexity index is 1520. The number of fused-ring (bicyclic) bond motifs is 2. The molecule has 0 aromatic heterocycles. The van der Waals surface area contributed by atoms with Crippen molar-refractivity contribution >= 4 is 37.3 Å². The summed E-state index contributed by atoms with van der Waals surface area (Å²) in [7, 11) is -8.49. The summed E-state index contributed by atoms with van der Waals surface area (Å²) in [5.41, 5.74) is 5.59. The second-order valence-corrected chi connectivity index (χ2v) is 11.1. The number of anilines is 1. The lowest BCUT2D eigenvalue weighted by Crippen LogP contribution is -2.17. The SMILES string of the molecule is CCN1C(=CC=CC=CC2=[N+](CC)c3ccc(S(=O)(=O)O)cc3C2)Cc2cc(S(=O)(=O)O)ccc21. The van der Waals surface area contributed by atoms with Gasteiger partial charge in [0.15, 0.2) is 5.71 Å². The van der Waals surface area contributed by atoms with Crippen LogP contribution in [0.3, 0.4) is 0 Å². The first kappa shape index (κ1) is 25.1. The molecule has 0 radical (unpaired) electrons. The van der Waals surface area contributed by atoms with Crippen molar-refractivity contribution in [3.8, 4) is 0 Å². The number of nitrogens with zero attached hydrogens (tertiary/aromatic N) is 2. The second kappa shape index (κ2) is 9.54. The molecule has 0 bridgehead atoms. The van der Waals surface area contributed by atoms with Crippen LogP contribution < -0.4 is 4.90 Å². The summed E-state index contributed by atoms with van der Waals surface area (Å²) < 4.78 is 66.6. The van der Waals surface area contributed by atoms with Crippen LogP contribution in [0, 0.1) is 0 Å². The number of rotatable bonds is 7. The van der Waals surface area contributed by atoms with Crippen LogP contribution in [-0.4, -0.2) is 49.3 Å². The van der Waals surface area contributed by atoms with Gasteiger partial charge in [-0.25, -0.2) is 0 Å². The van der Waals surface area contributed by atoms with Crippen LogP contribution >= 0.6 is 0 Å². The van der Waals surface area contributed by atoms with E-state index in [4.69, 9.17) is 0 Å². The predicted octanol–water partition coefficient (Wildman–Crippen LogP) is 3.92. The quantitative estimate of drug-likeness (QED) is 0.326. The highest BCUT2D eigenvalue weighted by Crippen LogP contribution is 2.35. The van der Waals surface area contributed by atoms with Gasteiger partial charge in [-0.05, 0) is 55.8 Å². The predicted molar refractivity (Wildman–Crippen MR) is 135 cm³/mol. The summed E-state index contributed by atoms with van der Waals surface area (Å²) in [5.74, 6) is 0. The highest BCUT2D eigenvalue weighted by Gasteiger charge is 2.28. The normalized spacial score (nSPS) is 17.3. The largest absolute Gasteiger partial charge is 0.345 e. The van der Waals surface area contributed by atoms with Crippen molar-refractivity contribution in [1.29, 1.82) is 0 Å². The Balaban J connectivity index is 1.50. The number of benzene rings is 2. The topological polar surface area (TPSA) is 115 Å². The fraction of sp³-hybridized carbons (Fsp3) is 0.240. The van der Waals surface area contributed by atoms with Crippen LogP contribution in [0.1, 0.15) is 25.0 Å². The molecule has 2 N–H and O–H groups in total. The van der Waals surface area contributed by atoms with Gasteiger partial charge in [0.25, 0.3) is 20.2 Å². The molecule has 184 valence electrons. The molecule has 35 heavy (non-hydrogen) atoms. The number of allylic oxidation sites excluding steroid dienone is 6. The van der Waals surface area contributed by atoms with Gasteiger partial charge in [-0.15, -0.1) is 0 Å². The van der Waals surface area contributed by atoms with E-state index in [0.29, 0.717) is 12.8 Å². The molecule has 10 heteroatoms. The fourth-order valence-electron chi connectivity index (χ4n) is 4.59. The van der Waals surface area contributed by atoms with Gasteiger partial charge in [-0.3, -0.25) is 9.11 Å². The average Bonchev–Trinajstić information content (AvgIpc) is 3.33. The molecule has 0 atom stereocenters. The van der Waals surface area contributed by atoms with Gasteiger partial charge >= 0.3 is 0 Å². The van der Waals surface area contributed by atoms with E-state index in [-0.39, 0.29) is 9.79 Å². The summed E-state index contributed by atoms with van der Waals surface area (Å²) in [4.78, 5) is 1.89. The van der Waals surface area contributed by atoms with Crippen LogP contribution in [0.4, 0.5) is 11.4 Å². The van der Waals surface area contributed by atoms with E-state index in [0.717, 1.165) is 47.0 Å². The Kier molecular flexibility index (Phi) is 6.83. The maximum absolute atomic E-state index is 11.5. The van der Waals surface area contributed by atoms with E-state index >= 15 is 0 Å². The highest BCUT2D eigenvalue weighted by atomic mass is 32.2. The first-order chi connectivity index (χ1) is 16.5. The zero-order valence-corrected chi connectivity index (χ0v) is 21.1. The van der Waals surface area contributed by atoms with Crippen LogP contribution in [0.5, 0.6) is 0 Å². The molecule has 8 nitrogen and oxygen atoms in total. The monoisotopic (exact) mass is 515 g/mol. The van der Waals surface area contributed by atoms with Gasteiger partial charge in [0, 0.05) is 42.1 Å². The van der Waals surface area contributed by atoms with Crippen LogP contribution in [0.2, 0.25) is 0 Å². The third kappa shape index (κ3) is 5.15. The zero-order chi connectivity index (χ0) is 25.4. The summed E-state index contributed by atoms with van der Waals surface area (Å²) in [5, 5.41) is 0. The van der Waals surface area contributed by atoms with Crippen molar-refractivity contribution in [3.63, 3.8) is 0 Å². The molecule has 4 rings (SSSR count). The number of hydrogen-bond donors (Lipinski definition) is 2. The molecule has 0 fully saturated rings. The molecular formula is C25H27N2O6S2+. The van der Waals surface area contributed by atoms with Gasteiger partial charge in [0.1, 0.15) is 6.54 Å². The third-order valence-corrected chi connectivity index (χ3v) is 7.85. The maximum atomic E-state index is 11.5. The van der Waals surface area contributed by atoms with Gasteiger partial charge < -0.3 is 4.90 Å². The Morgan fingerprint density at radius 2 is 1.54 bits per heavy atom. The molecule has 2 aromatic carbocycles. The van der Waals surface area contributed by atoms with Gasteiger partial charge in [-0.2, -0.15) is 21.4 Å². The van der Waals surface area contributed by atoms with E-state index < -0.39 is 20.2 Å². The van der Waals surface area contributed by atoms with E-state index in [1.807, 2.05) is 44.2 Å². The lowest BCUT2D eigenvalue weighted by molar-refractivity contribution is -0.432. The lowest BCUT2D eigenvalue weighted by atomic mass is 10.1. The summed E-state index contributed by atoms with van der Waals surface area (Å²) in [6.45, 7) is 5.48. The highest BCUT2D eigenvalue weighted by molar-refractivity contribution is 7.86. The van der Waals surface area contributed by atoms with E-state index in [9.17, 15) is 25.9 Å². The van der Waals surface area contributed by atoms with Crippen LogP contribution in [0.15, 0.2) is 82.3 Å². The van der Waals surface area contributed by atoms with E-state index in [1.165, 1.54) is 24.3 Å². The molecule has 2 heterocycles. The third-order valence-electron chi connectivity index (χ3n) is 6.15. The Labute approximate surface area is 205 Å². The minimum absolute atomic E-state index is 0.106. The van der Waals surface area contributed by atoms with Crippen molar-refractivity contribution in [2.75, 3.05) is 18.0 Å². The molecule has 0 spiro atoms. The molecule has 0 unspecified atom stereocenters. The Morgan fingerprint density at radius 3 is 2.17 bits per heavy atom. The van der Waals surface area contributed by atoms with Gasteiger partial charge in [0.05, 0.1) is 16.2 Å². The minimum atomic E-state index is -4.24. The molecule has 0 amide bonds. The zero-order valence-electron chi connectivity index (χ0n) is 19.4. The smallest absolute Gasteiger partial charge is 0.294 e. The number of hydrogen-bond acceptors (Lipinski definition) is 5. The van der Waals surface area contributed by atoms with Crippen molar-refractivity contribution in [2.24, 2.45) is 0 Å². The van der Waals surface area contributed by atoms with Crippen molar-refractivity contribution in [2.45, 2.75) is 36.5 Å². The summed E-state index contributed by atoms with van der Waals surface area (Å²) in [6, 6.07) is 9.28. The van der Waals surface area contributed by atoms with Crippen molar-refractivity contribution < 1.29 is 30.5 Å². The Hall–Kier alpha value is -3.05. The van der Waals surface area contributed by atoms with Crippen LogP contribution in [-0.2, 0) is 33.1 Å². The summed E-state index contributed by atoms with van der Waals surface area (Å²) in [6.07, 6.45) is 10.8. The molecule has 0 saturated heterocycles. The molecule has 2 aliphatic rings. The van der Waals surface area contributed by atoms with Gasteiger partial charge in [-0.1, -0.05) is 18.2 Å². The van der Waals surface area contributed by atoms with E-state index in [2.05, 4.69) is 9.48 Å². The molecular weight excluding hydrogens is 488 g/mol. The molecule has 2 aliphatic heterocycles. The molecule has 0 aliphatic carbocycles. The maximum Gasteiger partial charge on any atom is 0.294 e. The van der Waals surface area contributed by atoms with Crippen molar-refractivity contribution in [3.05, 3.63) is 83.6 Å². The molecule has 2 aromatic rings. The first-order valence-electron chi connectivity index (χ1n) is 11.2. The summed E-state index contributed by atoms with van der Waals surface area (Å²) >= 11 is 0.